The first kappa shape index (κ1) is 22.0. The average Bonchev–Trinajstić information content (AvgIpc) is 3.06. The monoisotopic (exact) mass is 475 g/mol. The number of anilines is 1. The summed E-state index contributed by atoms with van der Waals surface area (Å²) < 4.78 is 0. The Bertz CT molecular complexity index is 921. The van der Waals surface area contributed by atoms with Crippen LogP contribution in [0.5, 0.6) is 0 Å². The molecule has 7 aliphatic rings. The van der Waals surface area contributed by atoms with Crippen molar-refractivity contribution in [3.05, 3.63) is 30.3 Å². The lowest BCUT2D eigenvalue weighted by Crippen LogP contribution is -2.54. The maximum Gasteiger partial charge on any atom is 0.127 e. The van der Waals surface area contributed by atoms with Crippen LogP contribution in [0.25, 0.3) is 0 Å². The molecule has 1 spiro atoms. The second-order valence-electron chi connectivity index (χ2n) is 12.8. The van der Waals surface area contributed by atoms with Gasteiger partial charge >= 0.3 is 0 Å². The zero-order valence-corrected chi connectivity index (χ0v) is 21.6. The number of benzene rings is 1. The van der Waals surface area contributed by atoms with Gasteiger partial charge < -0.3 is 0 Å². The van der Waals surface area contributed by atoms with E-state index in [1.807, 2.05) is 0 Å². The van der Waals surface area contributed by atoms with Crippen LogP contribution in [0, 0.1) is 23.2 Å². The third-order valence-electron chi connectivity index (χ3n) is 10.5. The molecule has 1 aromatic rings. The van der Waals surface area contributed by atoms with E-state index in [0.29, 0.717) is 6.04 Å². The van der Waals surface area contributed by atoms with Crippen molar-refractivity contribution in [3.8, 4) is 0 Å². The van der Waals surface area contributed by atoms with Gasteiger partial charge in [-0.25, -0.2) is 0 Å². The van der Waals surface area contributed by atoms with Crippen molar-refractivity contribution < 1.29 is 0 Å². The molecule has 0 aromatic heterocycles. The molecule has 1 aromatic carbocycles. The van der Waals surface area contributed by atoms with Crippen LogP contribution in [-0.4, -0.2) is 40.4 Å². The second kappa shape index (κ2) is 8.40. The van der Waals surface area contributed by atoms with Gasteiger partial charge in [0, 0.05) is 11.1 Å². The molecule has 3 nitrogen and oxygen atoms in total. The Labute approximate surface area is 211 Å². The molecule has 8 rings (SSSR count). The summed E-state index contributed by atoms with van der Waals surface area (Å²) in [7, 11) is 0. The number of thiocarbonyl (C=S) groups is 1. The predicted molar refractivity (Wildman–Crippen MR) is 145 cm³/mol. The number of rotatable bonds is 3. The minimum absolute atomic E-state index is 0.0991. The van der Waals surface area contributed by atoms with E-state index in [0.717, 1.165) is 17.8 Å². The molecular weight excluding hydrogens is 434 g/mol. The van der Waals surface area contributed by atoms with Gasteiger partial charge in [0.15, 0.2) is 0 Å². The Morgan fingerprint density at radius 2 is 1.35 bits per heavy atom. The molecule has 1 atom stereocenters. The number of likely N-dealkylation sites (tertiary alicyclic amines) is 1. The quantitative estimate of drug-likeness (QED) is 0.438. The summed E-state index contributed by atoms with van der Waals surface area (Å²) in [4.78, 5) is 12.5. The van der Waals surface area contributed by atoms with Gasteiger partial charge in [-0.3, -0.25) is 14.8 Å². The zero-order chi connectivity index (χ0) is 22.8. The maximum absolute atomic E-state index is 6.51. The van der Waals surface area contributed by atoms with Crippen LogP contribution in [0.3, 0.4) is 0 Å². The lowest BCUT2D eigenvalue weighted by atomic mass is 9.53. The van der Waals surface area contributed by atoms with Crippen molar-refractivity contribution in [2.45, 2.75) is 101 Å². The third-order valence-corrected chi connectivity index (χ3v) is 11.1. The molecule has 34 heavy (non-hydrogen) atoms. The van der Waals surface area contributed by atoms with Gasteiger partial charge in [-0.1, -0.05) is 56.1 Å². The fraction of sp³-hybridized carbons (Fsp3) is 0.733. The summed E-state index contributed by atoms with van der Waals surface area (Å²) >= 11 is 6.51. The van der Waals surface area contributed by atoms with Crippen LogP contribution in [0.2, 0.25) is 0 Å². The van der Waals surface area contributed by atoms with Crippen molar-refractivity contribution in [1.29, 1.82) is 0 Å². The lowest BCUT2D eigenvalue weighted by molar-refractivity contribution is 0.000981. The van der Waals surface area contributed by atoms with E-state index in [1.54, 1.807) is 0 Å². The van der Waals surface area contributed by atoms with Gasteiger partial charge in [0.2, 0.25) is 0 Å². The van der Waals surface area contributed by atoms with Crippen molar-refractivity contribution in [3.63, 3.8) is 0 Å². The molecule has 7 fully saturated rings. The molecule has 0 radical (unpaired) electrons. The van der Waals surface area contributed by atoms with Crippen LogP contribution in [0.1, 0.15) is 89.9 Å². The molecule has 0 N–H and O–H groups in total. The number of hydrogen-bond donors (Lipinski definition) is 0. The number of piperidine rings is 1. The number of para-hydroxylation sites is 1. The summed E-state index contributed by atoms with van der Waals surface area (Å²) in [5.41, 5.74) is 1.53. The molecule has 0 amide bonds. The van der Waals surface area contributed by atoms with Crippen molar-refractivity contribution in [2.24, 2.45) is 28.2 Å². The van der Waals surface area contributed by atoms with E-state index in [9.17, 15) is 0 Å². The highest BCUT2D eigenvalue weighted by Gasteiger charge is 2.59. The largest absolute Gasteiger partial charge is 0.293 e. The number of hydrogen-bond acceptors (Lipinski definition) is 3. The summed E-state index contributed by atoms with van der Waals surface area (Å²) in [5.74, 6) is 4.12. The van der Waals surface area contributed by atoms with Gasteiger partial charge in [-0.2, -0.15) is 0 Å². The minimum atomic E-state index is 0.0991. The van der Waals surface area contributed by atoms with E-state index < -0.39 is 0 Å². The minimum Gasteiger partial charge on any atom is -0.293 e. The molecule has 5 aliphatic carbocycles. The average molecular weight is 476 g/mol. The summed E-state index contributed by atoms with van der Waals surface area (Å²) in [6.45, 7) is 2.44. The normalized spacial score (nSPS) is 40.5. The van der Waals surface area contributed by atoms with Gasteiger partial charge in [0.05, 0.1) is 16.6 Å². The van der Waals surface area contributed by atoms with E-state index in [4.69, 9.17) is 17.2 Å². The van der Waals surface area contributed by atoms with Crippen LogP contribution in [-0.2, 0) is 0 Å². The number of nitrogens with zero attached hydrogens (tertiary/aromatic N) is 3. The summed E-state index contributed by atoms with van der Waals surface area (Å²) in [6.07, 6.45) is 19.0. The lowest BCUT2D eigenvalue weighted by Gasteiger charge is -2.55. The fourth-order valence-corrected chi connectivity index (χ4v) is 10.1. The highest BCUT2D eigenvalue weighted by Crippen LogP contribution is 2.58. The predicted octanol–water partition coefficient (Wildman–Crippen LogP) is 7.01. The summed E-state index contributed by atoms with van der Waals surface area (Å²) in [6, 6.07) is 11.4. The highest BCUT2D eigenvalue weighted by atomic mass is 32.1. The Kier molecular flexibility index (Phi) is 5.43. The molecule has 4 bridgehead atoms. The molecule has 5 saturated carbocycles. The highest BCUT2D eigenvalue weighted by molar-refractivity contribution is 7.80. The second-order valence-corrected chi connectivity index (χ2v) is 13.2. The molecule has 0 unspecified atom stereocenters. The van der Waals surface area contributed by atoms with Crippen LogP contribution < -0.4 is 4.90 Å². The van der Waals surface area contributed by atoms with Crippen LogP contribution in [0.4, 0.5) is 5.69 Å². The third kappa shape index (κ3) is 3.45. The Morgan fingerprint density at radius 3 is 1.97 bits per heavy atom. The van der Waals surface area contributed by atoms with E-state index >= 15 is 0 Å². The first-order valence-electron chi connectivity index (χ1n) is 14.4. The SMILES string of the molecule is S=C1N(c2ccccc2)C(=NC23CC4CC(CC(C4)C2)C3)[C@H](N2CCCCC2)C12CCCCC2. The van der Waals surface area contributed by atoms with E-state index in [2.05, 4.69) is 40.1 Å². The Morgan fingerprint density at radius 1 is 0.765 bits per heavy atom. The number of aliphatic imine (C=N–C) groups is 1. The number of amidine groups is 1. The fourth-order valence-electron chi connectivity index (χ4n) is 9.55. The molecule has 4 heteroatoms. The molecule has 182 valence electrons. The van der Waals surface area contributed by atoms with Crippen molar-refractivity contribution in [1.82, 2.24) is 4.90 Å². The standard InChI is InChI=1S/C30H41N3S/c34-28-30(12-6-2-7-13-30)26(32-14-8-3-9-15-32)27(33(28)25-10-4-1-5-11-25)31-29-19-22-16-23(20-29)18-24(17-22)21-29/h1,4-5,10-11,22-24,26H,2-3,6-9,12-21H2/t22?,23?,24?,26-,29?/m0/s1. The Hall–Kier alpha value is -1.26. The molecule has 2 heterocycles. The van der Waals surface area contributed by atoms with Crippen molar-refractivity contribution in [2.75, 3.05) is 18.0 Å². The van der Waals surface area contributed by atoms with Crippen LogP contribution in [0.15, 0.2) is 35.3 Å². The van der Waals surface area contributed by atoms with E-state index in [-0.39, 0.29) is 11.0 Å². The van der Waals surface area contributed by atoms with E-state index in [1.165, 1.54) is 119 Å². The molecule has 2 aliphatic heterocycles. The Balaban J connectivity index is 1.38. The first-order valence-corrected chi connectivity index (χ1v) is 14.8. The summed E-state index contributed by atoms with van der Waals surface area (Å²) in [5, 5.41) is 0. The first-order chi connectivity index (χ1) is 16.7. The topological polar surface area (TPSA) is 18.8 Å². The van der Waals surface area contributed by atoms with Gasteiger partial charge in [0.1, 0.15) is 5.84 Å². The van der Waals surface area contributed by atoms with Gasteiger partial charge in [-0.05, 0) is 107 Å². The van der Waals surface area contributed by atoms with Crippen molar-refractivity contribution >= 4 is 28.7 Å². The molecule has 2 saturated heterocycles. The van der Waals surface area contributed by atoms with Crippen LogP contribution >= 0.6 is 12.2 Å². The molecular formula is C30H41N3S. The maximum atomic E-state index is 6.51. The van der Waals surface area contributed by atoms with Gasteiger partial charge in [-0.15, -0.1) is 0 Å². The smallest absolute Gasteiger partial charge is 0.127 e. The zero-order valence-electron chi connectivity index (χ0n) is 20.8. The van der Waals surface area contributed by atoms with Gasteiger partial charge in [0.25, 0.3) is 0 Å².